The average Bonchev–Trinajstić information content (AvgIpc) is 2.92. The van der Waals surface area contributed by atoms with Crippen molar-refractivity contribution in [2.45, 2.75) is 49.5 Å². The second-order valence-corrected chi connectivity index (χ2v) is 6.32. The summed E-state index contributed by atoms with van der Waals surface area (Å²) in [5, 5.41) is 4.10. The zero-order chi connectivity index (χ0) is 14.4. The van der Waals surface area contributed by atoms with Gasteiger partial charge in [-0.3, -0.25) is 0 Å². The van der Waals surface area contributed by atoms with Gasteiger partial charge in [-0.2, -0.15) is 4.98 Å². The number of halogens is 2. The topological polar surface area (TPSA) is 64.9 Å². The molecule has 0 aliphatic heterocycles. The zero-order valence-electron chi connectivity index (χ0n) is 12.2. The van der Waals surface area contributed by atoms with E-state index in [2.05, 4.69) is 10.1 Å². The fourth-order valence-corrected chi connectivity index (χ4v) is 3.36. The van der Waals surface area contributed by atoms with Crippen LogP contribution in [0.4, 0.5) is 4.39 Å². The number of rotatable bonds is 3. The third kappa shape index (κ3) is 2.63. The lowest BCUT2D eigenvalue weighted by molar-refractivity contribution is 0.348. The fourth-order valence-electron chi connectivity index (χ4n) is 3.36. The van der Waals surface area contributed by atoms with Crippen molar-refractivity contribution in [3.63, 3.8) is 0 Å². The highest BCUT2D eigenvalue weighted by Crippen LogP contribution is 2.54. The average molecular weight is 324 g/mol. The van der Waals surface area contributed by atoms with Gasteiger partial charge in [-0.25, -0.2) is 4.39 Å². The van der Waals surface area contributed by atoms with Gasteiger partial charge in [-0.05, 0) is 42.9 Å². The van der Waals surface area contributed by atoms with Crippen LogP contribution in [0.25, 0.3) is 0 Å². The van der Waals surface area contributed by atoms with E-state index in [-0.39, 0.29) is 24.1 Å². The quantitative estimate of drug-likeness (QED) is 0.936. The lowest BCUT2D eigenvalue weighted by atomic mass is 9.99. The predicted molar refractivity (Wildman–Crippen MR) is 82.4 cm³/mol. The first-order chi connectivity index (χ1) is 10.2. The van der Waals surface area contributed by atoms with Crippen LogP contribution in [0.2, 0.25) is 0 Å². The highest BCUT2D eigenvalue weighted by atomic mass is 35.5. The number of aromatic nitrogens is 2. The van der Waals surface area contributed by atoms with Gasteiger partial charge in [0.05, 0.1) is 5.54 Å². The maximum Gasteiger partial charge on any atom is 0.230 e. The van der Waals surface area contributed by atoms with Crippen LogP contribution >= 0.6 is 12.4 Å². The first-order valence-electron chi connectivity index (χ1n) is 7.54. The van der Waals surface area contributed by atoms with Crippen LogP contribution in [0.1, 0.15) is 61.2 Å². The summed E-state index contributed by atoms with van der Waals surface area (Å²) in [6, 6.07) is 6.66. The van der Waals surface area contributed by atoms with Gasteiger partial charge < -0.3 is 10.3 Å². The minimum atomic E-state index is -0.401. The molecule has 2 fully saturated rings. The minimum Gasteiger partial charge on any atom is -0.339 e. The molecule has 22 heavy (non-hydrogen) atoms. The number of hydrogen-bond acceptors (Lipinski definition) is 4. The predicted octanol–water partition coefficient (Wildman–Crippen LogP) is 3.63. The van der Waals surface area contributed by atoms with Crippen molar-refractivity contribution < 1.29 is 8.91 Å². The van der Waals surface area contributed by atoms with E-state index in [4.69, 9.17) is 10.3 Å². The molecule has 4 nitrogen and oxygen atoms in total. The van der Waals surface area contributed by atoms with Crippen molar-refractivity contribution in [2.24, 2.45) is 5.73 Å². The van der Waals surface area contributed by atoms with Crippen molar-refractivity contribution in [3.8, 4) is 0 Å². The van der Waals surface area contributed by atoms with Crippen molar-refractivity contribution in [2.75, 3.05) is 0 Å². The molecule has 2 N–H and O–H groups in total. The Hall–Kier alpha value is -1.46. The van der Waals surface area contributed by atoms with E-state index in [0.29, 0.717) is 17.6 Å². The molecule has 4 rings (SSSR count). The number of hydrogen-bond donors (Lipinski definition) is 1. The van der Waals surface area contributed by atoms with E-state index in [1.807, 2.05) is 12.1 Å². The van der Waals surface area contributed by atoms with Crippen LogP contribution in [0, 0.1) is 5.82 Å². The van der Waals surface area contributed by atoms with Crippen molar-refractivity contribution >= 4 is 12.4 Å². The molecular weight excluding hydrogens is 305 g/mol. The molecule has 0 radical (unpaired) electrons. The third-order valence-electron chi connectivity index (χ3n) is 4.79. The molecule has 0 bridgehead atoms. The van der Waals surface area contributed by atoms with Gasteiger partial charge in [-0.15, -0.1) is 12.4 Å². The second-order valence-electron chi connectivity index (χ2n) is 6.32. The standard InChI is InChI=1S/C16H18FN3O.ClH/c17-11-5-3-10(4-6-11)12-9-13(12)14-19-15(20-21-14)16(18)7-1-2-8-16;/h3-6,12-13H,1-2,7-9,18H2;1H/t12-,13+;/m0./s1. The Bertz CT molecular complexity index is 652. The van der Waals surface area contributed by atoms with Crippen molar-refractivity contribution in [1.82, 2.24) is 10.1 Å². The third-order valence-corrected chi connectivity index (χ3v) is 4.79. The SMILES string of the molecule is Cl.NC1(c2noc([C@@H]3C[C@H]3c3ccc(F)cc3)n2)CCCC1. The zero-order valence-corrected chi connectivity index (χ0v) is 13.0. The molecule has 6 heteroatoms. The highest BCUT2D eigenvalue weighted by Gasteiger charge is 2.45. The lowest BCUT2D eigenvalue weighted by Crippen LogP contribution is -2.34. The van der Waals surface area contributed by atoms with Crippen molar-refractivity contribution in [3.05, 3.63) is 47.4 Å². The van der Waals surface area contributed by atoms with Crippen LogP contribution in [-0.2, 0) is 5.54 Å². The maximum atomic E-state index is 13.0. The van der Waals surface area contributed by atoms with Gasteiger partial charge in [0.25, 0.3) is 0 Å². The Kier molecular flexibility index (Phi) is 3.95. The van der Waals surface area contributed by atoms with E-state index in [9.17, 15) is 4.39 Å². The molecule has 0 spiro atoms. The summed E-state index contributed by atoms with van der Waals surface area (Å²) < 4.78 is 18.4. The molecular formula is C16H19ClFN3O. The molecule has 2 atom stereocenters. The largest absolute Gasteiger partial charge is 0.339 e. The summed E-state index contributed by atoms with van der Waals surface area (Å²) in [6.07, 6.45) is 5.09. The Morgan fingerprint density at radius 2 is 1.82 bits per heavy atom. The summed E-state index contributed by atoms with van der Waals surface area (Å²) in [5.41, 5.74) is 7.08. The lowest BCUT2D eigenvalue weighted by Gasteiger charge is -2.17. The maximum absolute atomic E-state index is 13.0. The molecule has 2 aliphatic rings. The minimum absolute atomic E-state index is 0. The fraction of sp³-hybridized carbons (Fsp3) is 0.500. The first kappa shape index (κ1) is 15.4. The normalized spacial score (nSPS) is 25.7. The second kappa shape index (κ2) is 5.63. The molecule has 118 valence electrons. The summed E-state index contributed by atoms with van der Waals surface area (Å²) in [6.45, 7) is 0. The summed E-state index contributed by atoms with van der Waals surface area (Å²) in [4.78, 5) is 4.54. The van der Waals surface area contributed by atoms with E-state index in [1.165, 1.54) is 12.1 Å². The summed E-state index contributed by atoms with van der Waals surface area (Å²) >= 11 is 0. The van der Waals surface area contributed by atoms with Crippen LogP contribution in [-0.4, -0.2) is 10.1 Å². The van der Waals surface area contributed by atoms with Gasteiger partial charge in [-0.1, -0.05) is 30.1 Å². The van der Waals surface area contributed by atoms with Gasteiger partial charge in [0, 0.05) is 5.92 Å². The van der Waals surface area contributed by atoms with Gasteiger partial charge in [0.1, 0.15) is 5.82 Å². The van der Waals surface area contributed by atoms with E-state index >= 15 is 0 Å². The van der Waals surface area contributed by atoms with Crippen LogP contribution in [0.3, 0.4) is 0 Å². The van der Waals surface area contributed by atoms with Crippen LogP contribution in [0.5, 0.6) is 0 Å². The summed E-state index contributed by atoms with van der Waals surface area (Å²) in [5.74, 6) is 1.73. The summed E-state index contributed by atoms with van der Waals surface area (Å²) in [7, 11) is 0. The Balaban J connectivity index is 0.00000144. The molecule has 2 aliphatic carbocycles. The monoisotopic (exact) mass is 323 g/mol. The van der Waals surface area contributed by atoms with E-state index in [1.54, 1.807) is 0 Å². The number of nitrogens with zero attached hydrogens (tertiary/aromatic N) is 2. The molecule has 1 aromatic carbocycles. The van der Waals surface area contributed by atoms with Gasteiger partial charge in [0.2, 0.25) is 5.89 Å². The van der Waals surface area contributed by atoms with Gasteiger partial charge in [0.15, 0.2) is 5.82 Å². The molecule has 1 aromatic heterocycles. The first-order valence-corrected chi connectivity index (χ1v) is 7.54. The van der Waals surface area contributed by atoms with Crippen LogP contribution < -0.4 is 5.73 Å². The van der Waals surface area contributed by atoms with E-state index < -0.39 is 5.54 Å². The Morgan fingerprint density at radius 1 is 1.14 bits per heavy atom. The Morgan fingerprint density at radius 3 is 2.50 bits per heavy atom. The van der Waals surface area contributed by atoms with Crippen LogP contribution in [0.15, 0.2) is 28.8 Å². The number of benzene rings is 1. The molecule has 0 saturated heterocycles. The molecule has 1 heterocycles. The molecule has 2 saturated carbocycles. The number of nitrogens with two attached hydrogens (primary N) is 1. The molecule has 2 aromatic rings. The van der Waals surface area contributed by atoms with Gasteiger partial charge >= 0.3 is 0 Å². The molecule has 0 unspecified atom stereocenters. The smallest absolute Gasteiger partial charge is 0.230 e. The Labute approximate surface area is 134 Å². The highest BCUT2D eigenvalue weighted by molar-refractivity contribution is 5.85. The van der Waals surface area contributed by atoms with Crippen molar-refractivity contribution in [1.29, 1.82) is 0 Å². The molecule has 0 amide bonds. The van der Waals surface area contributed by atoms with E-state index in [0.717, 1.165) is 37.7 Å².